The van der Waals surface area contributed by atoms with Crippen molar-refractivity contribution in [2.24, 2.45) is 0 Å². The van der Waals surface area contributed by atoms with E-state index in [4.69, 9.17) is 9.47 Å². The number of carbonyl (C=O) groups excluding carboxylic acids is 1. The molecule has 0 aliphatic heterocycles. The summed E-state index contributed by atoms with van der Waals surface area (Å²) >= 11 is 0. The fourth-order valence-electron chi connectivity index (χ4n) is 2.25. The summed E-state index contributed by atoms with van der Waals surface area (Å²) < 4.78 is 37.1. The molecule has 2 rings (SSSR count). The number of esters is 1. The molecule has 0 saturated heterocycles. The number of benzene rings is 2. The Kier molecular flexibility index (Phi) is 7.15. The Bertz CT molecular complexity index is 904. The van der Waals surface area contributed by atoms with Crippen LogP contribution in [0.15, 0.2) is 60.0 Å². The minimum absolute atomic E-state index is 0.0687. The standard InChI is InChI=1S/C20H23NO5S/c1-4-11-21-27(23,24)18-9-7-17(8-10-18)20(22)26-13-12-25-19-14-15(2)5-6-16(19)3/h4-10,14,21H,1,11-13H2,2-3H3. The number of carbonyl (C=O) groups is 1. The van der Waals surface area contributed by atoms with Crippen molar-refractivity contribution >= 4 is 16.0 Å². The van der Waals surface area contributed by atoms with Crippen molar-refractivity contribution in [1.82, 2.24) is 4.72 Å². The number of hydrogen-bond donors (Lipinski definition) is 1. The van der Waals surface area contributed by atoms with E-state index in [-0.39, 0.29) is 30.2 Å². The molecule has 0 aromatic heterocycles. The van der Waals surface area contributed by atoms with E-state index < -0.39 is 16.0 Å². The molecule has 27 heavy (non-hydrogen) atoms. The average Bonchev–Trinajstić information content (AvgIpc) is 2.66. The summed E-state index contributed by atoms with van der Waals surface area (Å²) in [5.41, 5.74) is 2.36. The van der Waals surface area contributed by atoms with Gasteiger partial charge in [-0.25, -0.2) is 17.9 Å². The predicted octanol–water partition coefficient (Wildman–Crippen LogP) is 3.00. The maximum Gasteiger partial charge on any atom is 0.338 e. The molecule has 6 nitrogen and oxygen atoms in total. The molecular formula is C20H23NO5S. The lowest BCUT2D eigenvalue weighted by Crippen LogP contribution is -2.23. The summed E-state index contributed by atoms with van der Waals surface area (Å²) in [5.74, 6) is 0.218. The van der Waals surface area contributed by atoms with Crippen molar-refractivity contribution in [1.29, 1.82) is 0 Å². The smallest absolute Gasteiger partial charge is 0.338 e. The minimum atomic E-state index is -3.62. The SMILES string of the molecule is C=CCNS(=O)(=O)c1ccc(C(=O)OCCOc2cc(C)ccc2C)cc1. The molecule has 0 aliphatic rings. The Morgan fingerprint density at radius 1 is 1.11 bits per heavy atom. The zero-order valence-corrected chi connectivity index (χ0v) is 16.2. The molecule has 0 saturated carbocycles. The van der Waals surface area contributed by atoms with Crippen LogP contribution in [0.1, 0.15) is 21.5 Å². The van der Waals surface area contributed by atoms with E-state index in [1.54, 1.807) is 0 Å². The van der Waals surface area contributed by atoms with Crippen LogP contribution >= 0.6 is 0 Å². The van der Waals surface area contributed by atoms with E-state index in [0.29, 0.717) is 0 Å². The molecule has 0 aliphatic carbocycles. The zero-order chi connectivity index (χ0) is 19.9. The molecule has 2 aromatic carbocycles. The minimum Gasteiger partial charge on any atom is -0.490 e. The number of rotatable bonds is 9. The Balaban J connectivity index is 1.87. The number of aryl methyl sites for hydroxylation is 2. The zero-order valence-electron chi connectivity index (χ0n) is 15.4. The van der Waals surface area contributed by atoms with E-state index in [9.17, 15) is 13.2 Å². The van der Waals surface area contributed by atoms with Crippen LogP contribution in [0.3, 0.4) is 0 Å². The van der Waals surface area contributed by atoms with Crippen LogP contribution in [-0.4, -0.2) is 34.1 Å². The van der Waals surface area contributed by atoms with E-state index in [1.165, 1.54) is 30.3 Å². The van der Waals surface area contributed by atoms with E-state index in [1.807, 2.05) is 32.0 Å². The van der Waals surface area contributed by atoms with Crippen molar-refractivity contribution in [2.75, 3.05) is 19.8 Å². The Morgan fingerprint density at radius 2 is 1.81 bits per heavy atom. The molecule has 0 radical (unpaired) electrons. The normalized spacial score (nSPS) is 11.0. The highest BCUT2D eigenvalue weighted by Crippen LogP contribution is 2.19. The molecule has 0 heterocycles. The Hall–Kier alpha value is -2.64. The van der Waals surface area contributed by atoms with E-state index >= 15 is 0 Å². The molecule has 144 valence electrons. The van der Waals surface area contributed by atoms with Crippen molar-refractivity contribution in [3.05, 3.63) is 71.8 Å². The molecule has 0 atom stereocenters. The first-order valence-corrected chi connectivity index (χ1v) is 9.89. The second-order valence-electron chi connectivity index (χ2n) is 5.92. The summed E-state index contributed by atoms with van der Waals surface area (Å²) in [6.45, 7) is 7.83. The summed E-state index contributed by atoms with van der Waals surface area (Å²) in [5, 5.41) is 0. The second kappa shape index (κ2) is 9.34. The van der Waals surface area contributed by atoms with Crippen LogP contribution < -0.4 is 9.46 Å². The van der Waals surface area contributed by atoms with Gasteiger partial charge in [0.15, 0.2) is 0 Å². The molecular weight excluding hydrogens is 366 g/mol. The van der Waals surface area contributed by atoms with Gasteiger partial charge in [0.05, 0.1) is 10.5 Å². The molecule has 0 spiro atoms. The third-order valence-corrected chi connectivity index (χ3v) is 5.18. The first-order valence-electron chi connectivity index (χ1n) is 8.41. The molecule has 0 fully saturated rings. The number of nitrogens with one attached hydrogen (secondary N) is 1. The average molecular weight is 389 g/mol. The Morgan fingerprint density at radius 3 is 2.48 bits per heavy atom. The highest BCUT2D eigenvalue weighted by atomic mass is 32.2. The van der Waals surface area contributed by atoms with Crippen molar-refractivity contribution in [3.63, 3.8) is 0 Å². The lowest BCUT2D eigenvalue weighted by atomic mass is 10.1. The lowest BCUT2D eigenvalue weighted by Gasteiger charge is -2.10. The third-order valence-electron chi connectivity index (χ3n) is 3.74. The topological polar surface area (TPSA) is 81.7 Å². The Labute approximate surface area is 159 Å². The quantitative estimate of drug-likeness (QED) is 0.405. The van der Waals surface area contributed by atoms with Crippen LogP contribution in [0, 0.1) is 13.8 Å². The summed E-state index contributed by atoms with van der Waals surface area (Å²) in [7, 11) is -3.62. The van der Waals surface area contributed by atoms with Gasteiger partial charge in [-0.1, -0.05) is 18.2 Å². The van der Waals surface area contributed by atoms with Gasteiger partial charge in [-0.15, -0.1) is 6.58 Å². The molecule has 2 aromatic rings. The predicted molar refractivity (Wildman–Crippen MR) is 104 cm³/mol. The third kappa shape index (κ3) is 5.94. The van der Waals surface area contributed by atoms with Crippen LogP contribution in [0.5, 0.6) is 5.75 Å². The largest absolute Gasteiger partial charge is 0.490 e. The number of ether oxygens (including phenoxy) is 2. The van der Waals surface area contributed by atoms with Gasteiger partial charge in [0.2, 0.25) is 10.0 Å². The van der Waals surface area contributed by atoms with Gasteiger partial charge < -0.3 is 9.47 Å². The van der Waals surface area contributed by atoms with Gasteiger partial charge in [-0.2, -0.15) is 0 Å². The van der Waals surface area contributed by atoms with Crippen molar-refractivity contribution in [2.45, 2.75) is 18.7 Å². The maximum atomic E-state index is 12.1. The second-order valence-corrected chi connectivity index (χ2v) is 7.69. The van der Waals surface area contributed by atoms with Gasteiger partial charge in [0, 0.05) is 6.54 Å². The number of hydrogen-bond acceptors (Lipinski definition) is 5. The molecule has 0 unspecified atom stereocenters. The first kappa shape index (κ1) is 20.7. The van der Waals surface area contributed by atoms with E-state index in [0.717, 1.165) is 16.9 Å². The maximum absolute atomic E-state index is 12.1. The fourth-order valence-corrected chi connectivity index (χ4v) is 3.25. The van der Waals surface area contributed by atoms with Gasteiger partial charge in [0.1, 0.15) is 19.0 Å². The van der Waals surface area contributed by atoms with Crippen LogP contribution in [-0.2, 0) is 14.8 Å². The highest BCUT2D eigenvalue weighted by Gasteiger charge is 2.14. The van der Waals surface area contributed by atoms with Crippen molar-refractivity contribution < 1.29 is 22.7 Å². The van der Waals surface area contributed by atoms with Crippen LogP contribution in [0.25, 0.3) is 0 Å². The van der Waals surface area contributed by atoms with Crippen LogP contribution in [0.4, 0.5) is 0 Å². The van der Waals surface area contributed by atoms with Crippen molar-refractivity contribution in [3.8, 4) is 5.75 Å². The van der Waals surface area contributed by atoms with E-state index in [2.05, 4.69) is 11.3 Å². The highest BCUT2D eigenvalue weighted by molar-refractivity contribution is 7.89. The molecule has 1 N–H and O–H groups in total. The lowest BCUT2D eigenvalue weighted by molar-refractivity contribution is 0.0450. The van der Waals surface area contributed by atoms with Crippen LogP contribution in [0.2, 0.25) is 0 Å². The molecule has 7 heteroatoms. The van der Waals surface area contributed by atoms with Gasteiger partial charge in [-0.05, 0) is 55.3 Å². The monoisotopic (exact) mass is 389 g/mol. The summed E-state index contributed by atoms with van der Waals surface area (Å²) in [4.78, 5) is 12.1. The summed E-state index contributed by atoms with van der Waals surface area (Å²) in [6.07, 6.45) is 1.45. The number of sulfonamides is 1. The molecule has 0 bridgehead atoms. The fraction of sp³-hybridized carbons (Fsp3) is 0.250. The molecule has 0 amide bonds. The van der Waals surface area contributed by atoms with Gasteiger partial charge in [-0.3, -0.25) is 0 Å². The first-order chi connectivity index (χ1) is 12.8. The summed E-state index contributed by atoms with van der Waals surface area (Å²) in [6, 6.07) is 11.4. The van der Waals surface area contributed by atoms with Gasteiger partial charge >= 0.3 is 5.97 Å². The van der Waals surface area contributed by atoms with Gasteiger partial charge in [0.25, 0.3) is 0 Å².